The van der Waals surface area contributed by atoms with Gasteiger partial charge in [-0.3, -0.25) is 4.79 Å². The molecule has 0 heterocycles. The predicted octanol–water partition coefficient (Wildman–Crippen LogP) is 4.13. The van der Waals surface area contributed by atoms with Crippen LogP contribution in [0.25, 0.3) is 11.1 Å². The van der Waals surface area contributed by atoms with Gasteiger partial charge >= 0.3 is 5.97 Å². The normalized spacial score (nSPS) is 15.3. The summed E-state index contributed by atoms with van der Waals surface area (Å²) in [7, 11) is 1.36. The van der Waals surface area contributed by atoms with E-state index in [0.29, 0.717) is 18.8 Å². The van der Waals surface area contributed by atoms with Crippen LogP contribution in [0.1, 0.15) is 37.7 Å². The topological polar surface area (TPSA) is 55.4 Å². The lowest BCUT2D eigenvalue weighted by atomic mass is 10.00. The van der Waals surface area contributed by atoms with Crippen molar-refractivity contribution < 1.29 is 14.3 Å². The third-order valence-electron chi connectivity index (χ3n) is 5.27. The fourth-order valence-electron chi connectivity index (χ4n) is 3.77. The SMILES string of the molecule is COC(=O)[C@H](Cc1ccc(-c2ccccc2)cc1)NC(=O)CC1CCCC1. The van der Waals surface area contributed by atoms with Gasteiger partial charge in [0, 0.05) is 12.8 Å². The van der Waals surface area contributed by atoms with E-state index in [1.165, 1.54) is 20.0 Å². The van der Waals surface area contributed by atoms with Crippen molar-refractivity contribution in [1.29, 1.82) is 0 Å². The van der Waals surface area contributed by atoms with Gasteiger partial charge in [-0.05, 0) is 35.4 Å². The molecule has 0 unspecified atom stereocenters. The molecule has 1 aliphatic rings. The Morgan fingerprint density at radius 3 is 2.26 bits per heavy atom. The summed E-state index contributed by atoms with van der Waals surface area (Å²) in [5.74, 6) is -0.00596. The molecule has 4 nitrogen and oxygen atoms in total. The first kappa shape index (κ1) is 19.2. The molecule has 1 amide bonds. The lowest BCUT2D eigenvalue weighted by molar-refractivity contribution is -0.145. The number of rotatable bonds is 7. The maximum absolute atomic E-state index is 12.3. The Balaban J connectivity index is 1.63. The smallest absolute Gasteiger partial charge is 0.328 e. The molecule has 1 fully saturated rings. The Kier molecular flexibility index (Phi) is 6.64. The first-order valence-corrected chi connectivity index (χ1v) is 9.67. The average molecular weight is 365 g/mol. The quantitative estimate of drug-likeness (QED) is 0.751. The number of carbonyl (C=O) groups excluding carboxylic acids is 2. The van der Waals surface area contributed by atoms with Gasteiger partial charge in [-0.25, -0.2) is 4.79 Å². The first-order chi connectivity index (χ1) is 13.2. The number of hydrogen-bond acceptors (Lipinski definition) is 3. The minimum Gasteiger partial charge on any atom is -0.467 e. The van der Waals surface area contributed by atoms with E-state index in [1.54, 1.807) is 0 Å². The molecule has 0 aliphatic heterocycles. The summed E-state index contributed by atoms with van der Waals surface area (Å²) in [5.41, 5.74) is 3.27. The lowest BCUT2D eigenvalue weighted by Crippen LogP contribution is -2.43. The highest BCUT2D eigenvalue weighted by molar-refractivity contribution is 5.84. The minimum atomic E-state index is -0.647. The molecule has 4 heteroatoms. The van der Waals surface area contributed by atoms with E-state index >= 15 is 0 Å². The van der Waals surface area contributed by atoms with Crippen LogP contribution < -0.4 is 5.32 Å². The molecule has 2 aromatic rings. The second kappa shape index (κ2) is 9.36. The highest BCUT2D eigenvalue weighted by atomic mass is 16.5. The van der Waals surface area contributed by atoms with Crippen molar-refractivity contribution in [2.24, 2.45) is 5.92 Å². The summed E-state index contributed by atoms with van der Waals surface area (Å²) >= 11 is 0. The maximum atomic E-state index is 12.3. The monoisotopic (exact) mass is 365 g/mol. The van der Waals surface area contributed by atoms with Gasteiger partial charge in [-0.2, -0.15) is 0 Å². The van der Waals surface area contributed by atoms with Gasteiger partial charge in [0.15, 0.2) is 0 Å². The number of nitrogens with one attached hydrogen (secondary N) is 1. The molecule has 2 aromatic carbocycles. The van der Waals surface area contributed by atoms with E-state index < -0.39 is 12.0 Å². The zero-order chi connectivity index (χ0) is 19.1. The molecule has 0 radical (unpaired) electrons. The Hall–Kier alpha value is -2.62. The van der Waals surface area contributed by atoms with Crippen molar-refractivity contribution in [2.45, 2.75) is 44.6 Å². The molecule has 3 rings (SSSR count). The molecule has 0 aromatic heterocycles. The fourth-order valence-corrected chi connectivity index (χ4v) is 3.77. The molecule has 1 N–H and O–H groups in total. The Morgan fingerprint density at radius 1 is 1.00 bits per heavy atom. The van der Waals surface area contributed by atoms with Crippen LogP contribution in [0.15, 0.2) is 54.6 Å². The van der Waals surface area contributed by atoms with E-state index in [9.17, 15) is 9.59 Å². The van der Waals surface area contributed by atoms with Gasteiger partial charge in [0.05, 0.1) is 7.11 Å². The number of ether oxygens (including phenoxy) is 1. The average Bonchev–Trinajstić information content (AvgIpc) is 3.21. The van der Waals surface area contributed by atoms with Crippen LogP contribution in [0.3, 0.4) is 0 Å². The Labute approximate surface area is 160 Å². The molecule has 1 aliphatic carbocycles. The van der Waals surface area contributed by atoms with Gasteiger partial charge in [-0.15, -0.1) is 0 Å². The standard InChI is InChI=1S/C23H27NO3/c1-27-23(26)21(24-22(25)16-17-7-5-6-8-17)15-18-11-13-20(14-12-18)19-9-3-2-4-10-19/h2-4,9-14,17,21H,5-8,15-16H2,1H3,(H,24,25)/t21-/m0/s1. The summed E-state index contributed by atoms with van der Waals surface area (Å²) in [6.45, 7) is 0. The molecule has 0 saturated heterocycles. The number of benzene rings is 2. The molecular formula is C23H27NO3. The van der Waals surface area contributed by atoms with Crippen LogP contribution in [-0.2, 0) is 20.7 Å². The number of carbonyl (C=O) groups is 2. The number of hydrogen-bond donors (Lipinski definition) is 1. The van der Waals surface area contributed by atoms with E-state index in [4.69, 9.17) is 4.74 Å². The van der Waals surface area contributed by atoms with Crippen molar-refractivity contribution in [2.75, 3.05) is 7.11 Å². The number of methoxy groups -OCH3 is 1. The van der Waals surface area contributed by atoms with Crippen LogP contribution in [-0.4, -0.2) is 25.0 Å². The first-order valence-electron chi connectivity index (χ1n) is 9.67. The van der Waals surface area contributed by atoms with E-state index in [0.717, 1.165) is 29.5 Å². The molecule has 0 spiro atoms. The molecule has 1 atom stereocenters. The van der Waals surface area contributed by atoms with E-state index in [-0.39, 0.29) is 5.91 Å². The highest BCUT2D eigenvalue weighted by Gasteiger charge is 2.24. The van der Waals surface area contributed by atoms with E-state index in [1.807, 2.05) is 42.5 Å². The summed E-state index contributed by atoms with van der Waals surface area (Å²) in [6, 6.07) is 17.6. The van der Waals surface area contributed by atoms with Crippen LogP contribution in [0.2, 0.25) is 0 Å². The second-order valence-corrected chi connectivity index (χ2v) is 7.26. The van der Waals surface area contributed by atoms with Crippen molar-refractivity contribution in [3.63, 3.8) is 0 Å². The zero-order valence-corrected chi connectivity index (χ0v) is 15.8. The molecule has 142 valence electrons. The van der Waals surface area contributed by atoms with Crippen molar-refractivity contribution >= 4 is 11.9 Å². The third-order valence-corrected chi connectivity index (χ3v) is 5.27. The van der Waals surface area contributed by atoms with Crippen LogP contribution in [0.4, 0.5) is 0 Å². The summed E-state index contributed by atoms with van der Waals surface area (Å²) in [6.07, 6.45) is 5.55. The minimum absolute atomic E-state index is 0.0572. The van der Waals surface area contributed by atoms with Gasteiger partial charge in [0.2, 0.25) is 5.91 Å². The number of amides is 1. The molecular weight excluding hydrogens is 338 g/mol. The second-order valence-electron chi connectivity index (χ2n) is 7.26. The largest absolute Gasteiger partial charge is 0.467 e. The van der Waals surface area contributed by atoms with Crippen molar-refractivity contribution in [3.8, 4) is 11.1 Å². The summed E-state index contributed by atoms with van der Waals surface area (Å²) in [4.78, 5) is 24.5. The molecule has 27 heavy (non-hydrogen) atoms. The van der Waals surface area contributed by atoms with Crippen LogP contribution in [0.5, 0.6) is 0 Å². The lowest BCUT2D eigenvalue weighted by Gasteiger charge is -2.18. The van der Waals surface area contributed by atoms with Gasteiger partial charge in [0.1, 0.15) is 6.04 Å². The number of esters is 1. The summed E-state index contributed by atoms with van der Waals surface area (Å²) < 4.78 is 4.89. The molecule has 0 bridgehead atoms. The van der Waals surface area contributed by atoms with Gasteiger partial charge < -0.3 is 10.1 Å². The fraction of sp³-hybridized carbons (Fsp3) is 0.391. The van der Waals surface area contributed by atoms with Crippen LogP contribution in [0, 0.1) is 5.92 Å². The third kappa shape index (κ3) is 5.43. The Bertz CT molecular complexity index is 749. The van der Waals surface area contributed by atoms with Gasteiger partial charge in [-0.1, -0.05) is 67.4 Å². The van der Waals surface area contributed by atoms with Crippen molar-refractivity contribution in [1.82, 2.24) is 5.32 Å². The van der Waals surface area contributed by atoms with Gasteiger partial charge in [0.25, 0.3) is 0 Å². The zero-order valence-electron chi connectivity index (χ0n) is 15.8. The van der Waals surface area contributed by atoms with E-state index in [2.05, 4.69) is 17.4 Å². The highest BCUT2D eigenvalue weighted by Crippen LogP contribution is 2.27. The predicted molar refractivity (Wildman–Crippen MR) is 106 cm³/mol. The summed E-state index contributed by atoms with van der Waals surface area (Å²) in [5, 5.41) is 2.88. The molecule has 1 saturated carbocycles. The van der Waals surface area contributed by atoms with Crippen LogP contribution >= 0.6 is 0 Å². The maximum Gasteiger partial charge on any atom is 0.328 e. The van der Waals surface area contributed by atoms with Crippen molar-refractivity contribution in [3.05, 3.63) is 60.2 Å². The Morgan fingerprint density at radius 2 is 1.63 bits per heavy atom.